The van der Waals surface area contributed by atoms with E-state index in [1.807, 2.05) is 35.7 Å². The van der Waals surface area contributed by atoms with Gasteiger partial charge in [0.25, 0.3) is 0 Å². The van der Waals surface area contributed by atoms with E-state index in [9.17, 15) is 4.79 Å². The Hall–Kier alpha value is -1.72. The predicted octanol–water partition coefficient (Wildman–Crippen LogP) is 2.47. The molecule has 0 bridgehead atoms. The lowest BCUT2D eigenvalue weighted by atomic mass is 10.2. The highest BCUT2D eigenvalue weighted by Crippen LogP contribution is 2.23. The number of carbonyl (C=O) groups excluding carboxylic acids is 1. The fourth-order valence-corrected chi connectivity index (χ4v) is 2.75. The maximum absolute atomic E-state index is 11.8. The van der Waals surface area contributed by atoms with Crippen LogP contribution in [0.25, 0.3) is 10.6 Å². The fourth-order valence-electron chi connectivity index (χ4n) is 1.92. The number of nitrogens with zero attached hydrogens (tertiary/aromatic N) is 1. The van der Waals surface area contributed by atoms with Gasteiger partial charge in [0.05, 0.1) is 12.1 Å². The Morgan fingerprint density at radius 3 is 2.76 bits per heavy atom. The van der Waals surface area contributed by atoms with Crippen LogP contribution in [0.3, 0.4) is 0 Å². The van der Waals surface area contributed by atoms with E-state index in [0.29, 0.717) is 13.0 Å². The number of hydrogen-bond donors (Lipinski definition) is 2. The van der Waals surface area contributed by atoms with Crippen molar-refractivity contribution in [2.75, 3.05) is 19.6 Å². The Labute approximate surface area is 129 Å². The number of hydrogen-bond acceptors (Lipinski definition) is 4. The minimum Gasteiger partial charge on any atom is -0.354 e. The molecule has 1 amide bonds. The third-order valence-corrected chi connectivity index (χ3v) is 3.91. The van der Waals surface area contributed by atoms with Crippen LogP contribution in [-0.2, 0) is 11.2 Å². The van der Waals surface area contributed by atoms with Gasteiger partial charge in [0.2, 0.25) is 5.91 Å². The van der Waals surface area contributed by atoms with E-state index in [4.69, 9.17) is 0 Å². The zero-order valence-corrected chi connectivity index (χ0v) is 13.1. The lowest BCUT2D eigenvalue weighted by molar-refractivity contribution is -0.120. The topological polar surface area (TPSA) is 54.0 Å². The molecule has 0 aliphatic carbocycles. The maximum atomic E-state index is 11.8. The average Bonchev–Trinajstić information content (AvgIpc) is 2.96. The van der Waals surface area contributed by atoms with E-state index in [-0.39, 0.29) is 5.91 Å². The van der Waals surface area contributed by atoms with Crippen molar-refractivity contribution < 1.29 is 4.79 Å². The Morgan fingerprint density at radius 1 is 1.19 bits per heavy atom. The predicted molar refractivity (Wildman–Crippen MR) is 87.4 cm³/mol. The first-order valence-electron chi connectivity index (χ1n) is 7.27. The summed E-state index contributed by atoms with van der Waals surface area (Å²) in [5.74, 6) is 0.0261. The van der Waals surface area contributed by atoms with Crippen LogP contribution < -0.4 is 10.6 Å². The van der Waals surface area contributed by atoms with Crippen LogP contribution in [0.5, 0.6) is 0 Å². The minimum atomic E-state index is 0.0261. The Morgan fingerprint density at radius 2 is 2.00 bits per heavy atom. The van der Waals surface area contributed by atoms with Crippen LogP contribution in [0.2, 0.25) is 0 Å². The molecule has 112 valence electrons. The number of aromatic nitrogens is 1. The molecule has 0 unspecified atom stereocenters. The van der Waals surface area contributed by atoms with E-state index in [1.54, 1.807) is 11.3 Å². The van der Waals surface area contributed by atoms with Crippen molar-refractivity contribution in [1.29, 1.82) is 0 Å². The van der Waals surface area contributed by atoms with E-state index in [1.165, 1.54) is 0 Å². The van der Waals surface area contributed by atoms with Gasteiger partial charge in [-0.3, -0.25) is 4.79 Å². The minimum absolute atomic E-state index is 0.0261. The van der Waals surface area contributed by atoms with E-state index in [0.717, 1.165) is 35.8 Å². The first-order chi connectivity index (χ1) is 10.3. The van der Waals surface area contributed by atoms with Gasteiger partial charge in [0, 0.05) is 24.0 Å². The lowest BCUT2D eigenvalue weighted by Gasteiger charge is -2.04. The van der Waals surface area contributed by atoms with E-state index in [2.05, 4.69) is 22.5 Å². The van der Waals surface area contributed by atoms with Gasteiger partial charge >= 0.3 is 0 Å². The summed E-state index contributed by atoms with van der Waals surface area (Å²) >= 11 is 1.58. The van der Waals surface area contributed by atoms with Gasteiger partial charge in [-0.15, -0.1) is 11.3 Å². The molecule has 1 aromatic carbocycles. The summed E-state index contributed by atoms with van der Waals surface area (Å²) in [6, 6.07) is 10.0. The van der Waals surface area contributed by atoms with Gasteiger partial charge in [-0.2, -0.15) is 0 Å². The molecular weight excluding hydrogens is 282 g/mol. The van der Waals surface area contributed by atoms with Crippen LogP contribution in [0.4, 0.5) is 0 Å². The molecule has 0 spiro atoms. The number of rotatable bonds is 8. The molecule has 2 rings (SSSR count). The normalized spacial score (nSPS) is 10.5. The highest BCUT2D eigenvalue weighted by Gasteiger charge is 2.08. The van der Waals surface area contributed by atoms with Crippen molar-refractivity contribution in [1.82, 2.24) is 15.6 Å². The molecule has 2 aromatic rings. The standard InChI is InChI=1S/C16H21N3OS/c1-2-8-17-9-10-18-15(20)11-14-12-21-16(19-14)13-6-4-3-5-7-13/h3-7,12,17H,2,8-11H2,1H3,(H,18,20). The van der Waals surface area contributed by atoms with Crippen molar-refractivity contribution in [3.8, 4) is 10.6 Å². The molecule has 0 atom stereocenters. The SMILES string of the molecule is CCCNCCNC(=O)Cc1csc(-c2ccccc2)n1. The zero-order chi connectivity index (χ0) is 14.9. The third kappa shape index (κ3) is 5.28. The molecule has 21 heavy (non-hydrogen) atoms. The first kappa shape index (κ1) is 15.7. The van der Waals surface area contributed by atoms with Gasteiger partial charge in [-0.25, -0.2) is 4.98 Å². The largest absolute Gasteiger partial charge is 0.354 e. The second-order valence-electron chi connectivity index (χ2n) is 4.79. The monoisotopic (exact) mass is 303 g/mol. The summed E-state index contributed by atoms with van der Waals surface area (Å²) in [6.07, 6.45) is 1.45. The number of amides is 1. The quantitative estimate of drug-likeness (QED) is 0.737. The fraction of sp³-hybridized carbons (Fsp3) is 0.375. The molecule has 0 fully saturated rings. The van der Waals surface area contributed by atoms with Crippen LogP contribution >= 0.6 is 11.3 Å². The van der Waals surface area contributed by atoms with Crippen LogP contribution in [0.15, 0.2) is 35.7 Å². The van der Waals surface area contributed by atoms with Crippen LogP contribution in [0.1, 0.15) is 19.0 Å². The van der Waals surface area contributed by atoms with Crippen molar-refractivity contribution in [2.45, 2.75) is 19.8 Å². The number of nitrogens with one attached hydrogen (secondary N) is 2. The Balaban J connectivity index is 1.78. The van der Waals surface area contributed by atoms with Crippen molar-refractivity contribution in [2.24, 2.45) is 0 Å². The second-order valence-corrected chi connectivity index (χ2v) is 5.64. The van der Waals surface area contributed by atoms with Crippen molar-refractivity contribution in [3.63, 3.8) is 0 Å². The number of carbonyl (C=O) groups is 1. The summed E-state index contributed by atoms with van der Waals surface area (Å²) in [5.41, 5.74) is 1.93. The average molecular weight is 303 g/mol. The summed E-state index contributed by atoms with van der Waals surface area (Å²) < 4.78 is 0. The van der Waals surface area contributed by atoms with Gasteiger partial charge in [-0.1, -0.05) is 37.3 Å². The maximum Gasteiger partial charge on any atom is 0.226 e. The van der Waals surface area contributed by atoms with Gasteiger partial charge in [0.15, 0.2) is 0 Å². The van der Waals surface area contributed by atoms with Gasteiger partial charge < -0.3 is 10.6 Å². The molecule has 0 aliphatic heterocycles. The third-order valence-electron chi connectivity index (χ3n) is 2.96. The summed E-state index contributed by atoms with van der Waals surface area (Å²) in [7, 11) is 0. The number of benzene rings is 1. The molecule has 2 N–H and O–H groups in total. The molecule has 1 aromatic heterocycles. The molecule has 0 radical (unpaired) electrons. The van der Waals surface area contributed by atoms with E-state index < -0.39 is 0 Å². The smallest absolute Gasteiger partial charge is 0.226 e. The number of thiazole rings is 1. The molecule has 1 heterocycles. The van der Waals surface area contributed by atoms with Gasteiger partial charge in [0.1, 0.15) is 5.01 Å². The lowest BCUT2D eigenvalue weighted by Crippen LogP contribution is -2.33. The Kier molecular flexibility index (Phi) is 6.37. The van der Waals surface area contributed by atoms with Crippen molar-refractivity contribution >= 4 is 17.2 Å². The molecular formula is C16H21N3OS. The highest BCUT2D eigenvalue weighted by atomic mass is 32.1. The molecule has 0 saturated heterocycles. The van der Waals surface area contributed by atoms with Crippen LogP contribution in [0, 0.1) is 0 Å². The first-order valence-corrected chi connectivity index (χ1v) is 8.15. The molecule has 0 aliphatic rings. The molecule has 5 heteroatoms. The summed E-state index contributed by atoms with van der Waals surface area (Å²) in [5, 5.41) is 9.07. The second kappa shape index (κ2) is 8.54. The van der Waals surface area contributed by atoms with Crippen molar-refractivity contribution in [3.05, 3.63) is 41.4 Å². The summed E-state index contributed by atoms with van der Waals surface area (Å²) in [4.78, 5) is 16.3. The van der Waals surface area contributed by atoms with Crippen LogP contribution in [-0.4, -0.2) is 30.5 Å². The summed E-state index contributed by atoms with van der Waals surface area (Å²) in [6.45, 7) is 4.58. The highest BCUT2D eigenvalue weighted by molar-refractivity contribution is 7.13. The Bertz CT molecular complexity index is 554. The van der Waals surface area contributed by atoms with Gasteiger partial charge in [-0.05, 0) is 13.0 Å². The van der Waals surface area contributed by atoms with E-state index >= 15 is 0 Å². The zero-order valence-electron chi connectivity index (χ0n) is 12.3. The molecule has 4 nitrogen and oxygen atoms in total. The molecule has 0 saturated carbocycles.